The van der Waals surface area contributed by atoms with Gasteiger partial charge in [-0.3, -0.25) is 4.79 Å². The highest BCUT2D eigenvalue weighted by atomic mass is 19.3. The van der Waals surface area contributed by atoms with Crippen LogP contribution in [0.25, 0.3) is 11.1 Å². The van der Waals surface area contributed by atoms with Gasteiger partial charge in [-0.05, 0) is 29.8 Å². The molecule has 0 spiro atoms. The van der Waals surface area contributed by atoms with E-state index >= 15 is 0 Å². The fraction of sp³-hybridized carbons (Fsp3) is 0.0714. The number of rotatable bonds is 3. The molecule has 6 heteroatoms. The van der Waals surface area contributed by atoms with Crippen molar-refractivity contribution in [2.45, 2.75) is 6.43 Å². The third kappa shape index (κ3) is 2.49. The molecule has 0 aliphatic carbocycles. The minimum absolute atomic E-state index is 0.0289. The first-order valence-electron chi connectivity index (χ1n) is 5.58. The zero-order valence-electron chi connectivity index (χ0n) is 10.0. The van der Waals surface area contributed by atoms with Crippen LogP contribution in [0, 0.1) is 11.6 Å². The molecular weight excluding hydrogens is 274 g/mol. The zero-order chi connectivity index (χ0) is 14.9. The van der Waals surface area contributed by atoms with Crippen LogP contribution in [0.2, 0.25) is 0 Å². The Morgan fingerprint density at radius 2 is 1.80 bits per heavy atom. The van der Waals surface area contributed by atoms with E-state index in [9.17, 15) is 22.4 Å². The molecule has 0 radical (unpaired) electrons. The molecule has 1 amide bonds. The molecule has 104 valence electrons. The lowest BCUT2D eigenvalue weighted by atomic mass is 9.99. The fourth-order valence-corrected chi connectivity index (χ4v) is 1.83. The van der Waals surface area contributed by atoms with Crippen LogP contribution in [0.1, 0.15) is 22.3 Å². The summed E-state index contributed by atoms with van der Waals surface area (Å²) < 4.78 is 52.9. The van der Waals surface area contributed by atoms with Crippen molar-refractivity contribution in [2.75, 3.05) is 0 Å². The first-order chi connectivity index (χ1) is 9.41. The highest BCUT2D eigenvalue weighted by molar-refractivity contribution is 5.94. The molecule has 0 unspecified atom stereocenters. The van der Waals surface area contributed by atoms with E-state index in [1.165, 1.54) is 18.2 Å². The smallest absolute Gasteiger partial charge is 0.266 e. The van der Waals surface area contributed by atoms with Gasteiger partial charge in [0.2, 0.25) is 5.91 Å². The van der Waals surface area contributed by atoms with E-state index in [1.54, 1.807) is 0 Å². The first-order valence-corrected chi connectivity index (χ1v) is 5.58. The van der Waals surface area contributed by atoms with Gasteiger partial charge in [0.25, 0.3) is 6.43 Å². The Labute approximate surface area is 111 Å². The molecule has 0 atom stereocenters. The van der Waals surface area contributed by atoms with Crippen molar-refractivity contribution < 1.29 is 22.4 Å². The van der Waals surface area contributed by atoms with Crippen LogP contribution in [0.15, 0.2) is 36.4 Å². The Morgan fingerprint density at radius 1 is 1.10 bits per heavy atom. The van der Waals surface area contributed by atoms with Crippen molar-refractivity contribution in [3.63, 3.8) is 0 Å². The average molecular weight is 283 g/mol. The van der Waals surface area contributed by atoms with Crippen LogP contribution in [-0.2, 0) is 0 Å². The minimum Gasteiger partial charge on any atom is -0.366 e. The molecule has 0 saturated heterocycles. The summed E-state index contributed by atoms with van der Waals surface area (Å²) in [6.45, 7) is 0. The Bertz CT molecular complexity index is 670. The number of amides is 1. The standard InChI is InChI=1S/C14H9F4NO/c15-10-5-4-9(13(17)18)12(16)11(10)7-2-1-3-8(6-7)14(19)20/h1-6,13H,(H2,19,20). The molecule has 0 heterocycles. The van der Waals surface area contributed by atoms with Crippen molar-refractivity contribution >= 4 is 5.91 Å². The van der Waals surface area contributed by atoms with E-state index in [4.69, 9.17) is 5.73 Å². The first kappa shape index (κ1) is 14.0. The fourth-order valence-electron chi connectivity index (χ4n) is 1.83. The molecule has 0 aromatic heterocycles. The number of halogens is 4. The number of carbonyl (C=O) groups is 1. The molecule has 0 aliphatic heterocycles. The number of primary amides is 1. The maximum absolute atomic E-state index is 14.0. The molecule has 2 nitrogen and oxygen atoms in total. The van der Waals surface area contributed by atoms with Crippen molar-refractivity contribution in [3.8, 4) is 11.1 Å². The molecule has 2 aromatic rings. The number of benzene rings is 2. The Hall–Kier alpha value is -2.37. The number of alkyl halides is 2. The van der Waals surface area contributed by atoms with Crippen LogP contribution in [0.4, 0.5) is 17.6 Å². The van der Waals surface area contributed by atoms with Gasteiger partial charge in [-0.25, -0.2) is 17.6 Å². The lowest BCUT2D eigenvalue weighted by molar-refractivity contribution is 0.1000. The molecule has 0 bridgehead atoms. The van der Waals surface area contributed by atoms with Gasteiger partial charge in [-0.1, -0.05) is 12.1 Å². The number of nitrogens with two attached hydrogens (primary N) is 1. The normalized spacial score (nSPS) is 10.8. The van der Waals surface area contributed by atoms with Crippen LogP contribution in [0.3, 0.4) is 0 Å². The second-order valence-electron chi connectivity index (χ2n) is 4.07. The molecule has 0 aliphatic rings. The molecule has 2 N–H and O–H groups in total. The number of hydrogen-bond acceptors (Lipinski definition) is 1. The maximum Gasteiger partial charge on any atom is 0.266 e. The monoisotopic (exact) mass is 283 g/mol. The van der Waals surface area contributed by atoms with Crippen molar-refractivity contribution in [1.82, 2.24) is 0 Å². The third-order valence-corrected chi connectivity index (χ3v) is 2.79. The predicted molar refractivity (Wildman–Crippen MR) is 65.3 cm³/mol. The van der Waals surface area contributed by atoms with Crippen LogP contribution in [-0.4, -0.2) is 5.91 Å². The van der Waals surface area contributed by atoms with E-state index in [0.29, 0.717) is 6.07 Å². The van der Waals surface area contributed by atoms with Gasteiger partial charge in [0.05, 0.1) is 11.1 Å². The SMILES string of the molecule is NC(=O)c1cccc(-c2c(F)ccc(C(F)F)c2F)c1. The van der Waals surface area contributed by atoms with Crippen LogP contribution in [0.5, 0.6) is 0 Å². The molecule has 2 aromatic carbocycles. The van der Waals surface area contributed by atoms with E-state index in [-0.39, 0.29) is 11.1 Å². The highest BCUT2D eigenvalue weighted by Crippen LogP contribution is 2.32. The van der Waals surface area contributed by atoms with Crippen LogP contribution < -0.4 is 5.73 Å². The molecule has 2 rings (SSSR count). The van der Waals surface area contributed by atoms with Crippen molar-refractivity contribution in [2.24, 2.45) is 5.73 Å². The summed E-state index contributed by atoms with van der Waals surface area (Å²) in [4.78, 5) is 11.0. The molecule has 20 heavy (non-hydrogen) atoms. The maximum atomic E-state index is 14.0. The van der Waals surface area contributed by atoms with E-state index < -0.39 is 35.1 Å². The molecule has 0 fully saturated rings. The summed E-state index contributed by atoms with van der Waals surface area (Å²) in [5.74, 6) is -3.12. The van der Waals surface area contributed by atoms with Gasteiger partial charge < -0.3 is 5.73 Å². The third-order valence-electron chi connectivity index (χ3n) is 2.79. The van der Waals surface area contributed by atoms with Gasteiger partial charge >= 0.3 is 0 Å². The van der Waals surface area contributed by atoms with Crippen LogP contribution >= 0.6 is 0 Å². The van der Waals surface area contributed by atoms with E-state index in [1.807, 2.05) is 0 Å². The summed E-state index contributed by atoms with van der Waals surface area (Å²) in [7, 11) is 0. The second kappa shape index (κ2) is 5.32. The van der Waals surface area contributed by atoms with Gasteiger partial charge in [-0.15, -0.1) is 0 Å². The topological polar surface area (TPSA) is 43.1 Å². The Kier molecular flexibility index (Phi) is 3.74. The minimum atomic E-state index is -3.06. The summed E-state index contributed by atoms with van der Waals surface area (Å²) >= 11 is 0. The number of carbonyl (C=O) groups excluding carboxylic acids is 1. The van der Waals surface area contributed by atoms with Gasteiger partial charge in [0.15, 0.2) is 0 Å². The Balaban J connectivity index is 2.66. The molecule has 0 saturated carbocycles. The Morgan fingerprint density at radius 3 is 2.40 bits per heavy atom. The quantitative estimate of drug-likeness (QED) is 0.858. The summed E-state index contributed by atoms with van der Waals surface area (Å²) in [6, 6.07) is 6.64. The van der Waals surface area contributed by atoms with Gasteiger partial charge in [-0.2, -0.15) is 0 Å². The predicted octanol–water partition coefficient (Wildman–Crippen LogP) is 3.67. The zero-order valence-corrected chi connectivity index (χ0v) is 10.0. The van der Waals surface area contributed by atoms with E-state index in [0.717, 1.165) is 12.1 Å². The summed E-state index contributed by atoms with van der Waals surface area (Å²) in [5.41, 5.74) is 3.57. The number of hydrogen-bond donors (Lipinski definition) is 1. The second-order valence-corrected chi connectivity index (χ2v) is 4.07. The summed E-state index contributed by atoms with van der Waals surface area (Å²) in [6.07, 6.45) is -3.06. The lowest BCUT2D eigenvalue weighted by Gasteiger charge is -2.10. The lowest BCUT2D eigenvalue weighted by Crippen LogP contribution is -2.10. The van der Waals surface area contributed by atoms with Gasteiger partial charge in [0.1, 0.15) is 11.6 Å². The van der Waals surface area contributed by atoms with E-state index in [2.05, 4.69) is 0 Å². The van der Waals surface area contributed by atoms with Crippen molar-refractivity contribution in [1.29, 1.82) is 0 Å². The molecular formula is C14H9F4NO. The van der Waals surface area contributed by atoms with Gasteiger partial charge in [0, 0.05) is 5.56 Å². The highest BCUT2D eigenvalue weighted by Gasteiger charge is 2.21. The van der Waals surface area contributed by atoms with Crippen molar-refractivity contribution in [3.05, 3.63) is 59.2 Å². The summed E-state index contributed by atoms with van der Waals surface area (Å²) in [5, 5.41) is 0. The average Bonchev–Trinajstić information content (AvgIpc) is 2.38. The largest absolute Gasteiger partial charge is 0.366 e.